The van der Waals surface area contributed by atoms with Crippen LogP contribution in [0.5, 0.6) is 0 Å². The van der Waals surface area contributed by atoms with Crippen LogP contribution < -0.4 is 0 Å². The molecule has 0 saturated carbocycles. The van der Waals surface area contributed by atoms with Crippen molar-refractivity contribution in [1.82, 2.24) is 9.97 Å². The number of rotatable bonds is 4. The van der Waals surface area contributed by atoms with E-state index in [9.17, 15) is 0 Å². The lowest BCUT2D eigenvalue weighted by atomic mass is 10.3. The van der Waals surface area contributed by atoms with Gasteiger partial charge in [-0.1, -0.05) is 41.9 Å². The number of halogens is 2. The van der Waals surface area contributed by atoms with Gasteiger partial charge in [-0.05, 0) is 37.6 Å². The van der Waals surface area contributed by atoms with Crippen LogP contribution in [-0.2, 0) is 6.42 Å². The predicted molar refractivity (Wildman–Crippen MR) is 81.3 cm³/mol. The fourth-order valence-electron chi connectivity index (χ4n) is 1.56. The molecule has 0 amide bonds. The molecule has 0 bridgehead atoms. The molecular weight excluding hydrogens is 299 g/mol. The van der Waals surface area contributed by atoms with Crippen LogP contribution in [0.1, 0.15) is 24.7 Å². The van der Waals surface area contributed by atoms with Crippen LogP contribution in [0.3, 0.4) is 0 Å². The molecule has 0 spiro atoms. The molecule has 19 heavy (non-hydrogen) atoms. The predicted octanol–water partition coefficient (Wildman–Crippen LogP) is 5.20. The van der Waals surface area contributed by atoms with Crippen LogP contribution in [0.4, 0.5) is 0 Å². The number of nitrogens with zero attached hydrogens (tertiary/aromatic N) is 2. The van der Waals surface area contributed by atoms with Gasteiger partial charge in [0.05, 0.1) is 0 Å². The highest BCUT2D eigenvalue weighted by Gasteiger charge is 2.10. The first kappa shape index (κ1) is 14.6. The van der Waals surface area contributed by atoms with E-state index in [1.165, 1.54) is 0 Å². The third-order valence-corrected chi connectivity index (χ3v) is 4.31. The molecule has 1 aromatic carbocycles. The van der Waals surface area contributed by atoms with E-state index in [0.29, 0.717) is 5.15 Å². The average molecular weight is 313 g/mol. The maximum atomic E-state index is 6.16. The molecular formula is C14H14Cl2N2S. The second kappa shape index (κ2) is 6.60. The van der Waals surface area contributed by atoms with Gasteiger partial charge in [0.25, 0.3) is 0 Å². The Labute approximate surface area is 127 Å². The highest BCUT2D eigenvalue weighted by molar-refractivity contribution is 7.99. The normalized spacial score (nSPS) is 10.7. The fourth-order valence-corrected chi connectivity index (χ4v) is 2.83. The van der Waals surface area contributed by atoms with Crippen molar-refractivity contribution in [1.29, 1.82) is 0 Å². The van der Waals surface area contributed by atoms with Crippen LogP contribution in [0.25, 0.3) is 0 Å². The summed E-state index contributed by atoms with van der Waals surface area (Å²) in [7, 11) is 0. The summed E-state index contributed by atoms with van der Waals surface area (Å²) >= 11 is 13.6. The Morgan fingerprint density at radius 2 is 1.79 bits per heavy atom. The monoisotopic (exact) mass is 312 g/mol. The molecule has 0 fully saturated rings. The Morgan fingerprint density at radius 3 is 2.42 bits per heavy atom. The minimum absolute atomic E-state index is 0.537. The summed E-state index contributed by atoms with van der Waals surface area (Å²) in [5.41, 5.74) is 0.918. The number of aromatic nitrogens is 2. The van der Waals surface area contributed by atoms with Gasteiger partial charge in [-0.3, -0.25) is 0 Å². The van der Waals surface area contributed by atoms with E-state index in [1.54, 1.807) is 11.8 Å². The minimum Gasteiger partial charge on any atom is -0.226 e. The first-order valence-electron chi connectivity index (χ1n) is 6.06. The quantitative estimate of drug-likeness (QED) is 0.726. The second-order valence-corrected chi connectivity index (χ2v) is 6.02. The zero-order chi connectivity index (χ0) is 13.8. The molecule has 2 nitrogen and oxygen atoms in total. The van der Waals surface area contributed by atoms with Crippen molar-refractivity contribution in [3.05, 3.63) is 45.8 Å². The van der Waals surface area contributed by atoms with E-state index in [0.717, 1.165) is 39.2 Å². The molecule has 0 unspecified atom stereocenters. The third-order valence-electron chi connectivity index (χ3n) is 2.59. The lowest BCUT2D eigenvalue weighted by Crippen LogP contribution is -1.99. The van der Waals surface area contributed by atoms with Gasteiger partial charge >= 0.3 is 0 Å². The summed E-state index contributed by atoms with van der Waals surface area (Å²) in [5, 5.41) is 2.18. The maximum absolute atomic E-state index is 6.16. The van der Waals surface area contributed by atoms with Crippen molar-refractivity contribution < 1.29 is 0 Å². The summed E-state index contributed by atoms with van der Waals surface area (Å²) in [6.45, 7) is 4.04. The number of aryl methyl sites for hydroxylation is 1. The van der Waals surface area contributed by atoms with Crippen LogP contribution in [0.2, 0.25) is 10.2 Å². The van der Waals surface area contributed by atoms with Crippen molar-refractivity contribution in [2.45, 2.75) is 36.6 Å². The largest absolute Gasteiger partial charge is 0.226 e. The van der Waals surface area contributed by atoms with Gasteiger partial charge in [0.1, 0.15) is 16.0 Å². The minimum atomic E-state index is 0.537. The lowest BCUT2D eigenvalue weighted by molar-refractivity contribution is 0.801. The summed E-state index contributed by atoms with van der Waals surface area (Å²) in [5.74, 6) is 0.801. The fraction of sp³-hybridized carbons (Fsp3) is 0.286. The number of hydrogen-bond donors (Lipinski definition) is 0. The molecule has 1 aromatic heterocycles. The molecule has 100 valence electrons. The van der Waals surface area contributed by atoms with Crippen LogP contribution in [0.15, 0.2) is 34.2 Å². The van der Waals surface area contributed by atoms with Crippen LogP contribution in [0, 0.1) is 6.92 Å². The molecule has 0 aliphatic rings. The summed E-state index contributed by atoms with van der Waals surface area (Å²) in [6, 6.07) is 7.69. The molecule has 2 rings (SSSR count). The van der Waals surface area contributed by atoms with E-state index in [-0.39, 0.29) is 0 Å². The highest BCUT2D eigenvalue weighted by atomic mass is 35.5. The van der Waals surface area contributed by atoms with Gasteiger partial charge in [0.2, 0.25) is 0 Å². The Morgan fingerprint density at radius 1 is 1.11 bits per heavy atom. The first-order chi connectivity index (χ1) is 9.10. The van der Waals surface area contributed by atoms with Crippen molar-refractivity contribution in [3.8, 4) is 0 Å². The maximum Gasteiger partial charge on any atom is 0.136 e. The molecule has 0 saturated heterocycles. The van der Waals surface area contributed by atoms with Crippen molar-refractivity contribution in [3.63, 3.8) is 0 Å². The Balaban J connectivity index is 2.30. The Hall–Kier alpha value is -0.770. The average Bonchev–Trinajstić information content (AvgIpc) is 2.38. The molecule has 0 N–H and O–H groups in total. The molecule has 2 aromatic rings. The smallest absolute Gasteiger partial charge is 0.136 e. The van der Waals surface area contributed by atoms with Gasteiger partial charge < -0.3 is 0 Å². The lowest BCUT2D eigenvalue weighted by Gasteiger charge is -2.08. The Bertz CT molecular complexity index is 570. The summed E-state index contributed by atoms with van der Waals surface area (Å²) in [4.78, 5) is 9.96. The SMILES string of the molecule is CCCc1nc(Cl)c(C)c(Sc2ccc(Cl)cc2)n1. The zero-order valence-electron chi connectivity index (χ0n) is 10.8. The van der Waals surface area contributed by atoms with Crippen molar-refractivity contribution in [2.75, 3.05) is 0 Å². The number of benzene rings is 1. The van der Waals surface area contributed by atoms with E-state index >= 15 is 0 Å². The molecule has 0 aliphatic heterocycles. The topological polar surface area (TPSA) is 25.8 Å². The standard InChI is InChI=1S/C14H14Cl2N2S/c1-3-4-12-17-13(16)9(2)14(18-12)19-11-7-5-10(15)6-8-11/h5-8H,3-4H2,1-2H3. The molecule has 0 atom stereocenters. The Kier molecular flexibility index (Phi) is 5.08. The zero-order valence-corrected chi connectivity index (χ0v) is 13.1. The molecule has 0 radical (unpaired) electrons. The second-order valence-electron chi connectivity index (χ2n) is 4.17. The van der Waals surface area contributed by atoms with Crippen LogP contribution in [-0.4, -0.2) is 9.97 Å². The molecule has 1 heterocycles. The van der Waals surface area contributed by atoms with Gasteiger partial charge in [0.15, 0.2) is 0 Å². The molecule has 0 aliphatic carbocycles. The van der Waals surface area contributed by atoms with Gasteiger partial charge in [-0.25, -0.2) is 9.97 Å². The van der Waals surface area contributed by atoms with Crippen molar-refractivity contribution in [2.24, 2.45) is 0 Å². The first-order valence-corrected chi connectivity index (χ1v) is 7.64. The summed E-state index contributed by atoms with van der Waals surface area (Å²) < 4.78 is 0. The highest BCUT2D eigenvalue weighted by Crippen LogP contribution is 2.31. The van der Waals surface area contributed by atoms with E-state index in [2.05, 4.69) is 16.9 Å². The van der Waals surface area contributed by atoms with Crippen molar-refractivity contribution >= 4 is 35.0 Å². The van der Waals surface area contributed by atoms with Gasteiger partial charge in [-0.15, -0.1) is 0 Å². The molecule has 5 heteroatoms. The number of hydrogen-bond acceptors (Lipinski definition) is 3. The van der Waals surface area contributed by atoms with E-state index in [4.69, 9.17) is 23.2 Å². The van der Waals surface area contributed by atoms with Gasteiger partial charge in [0, 0.05) is 21.9 Å². The third kappa shape index (κ3) is 3.85. The van der Waals surface area contributed by atoms with Crippen LogP contribution >= 0.6 is 35.0 Å². The van der Waals surface area contributed by atoms with E-state index < -0.39 is 0 Å². The van der Waals surface area contributed by atoms with E-state index in [1.807, 2.05) is 31.2 Å². The summed E-state index contributed by atoms with van der Waals surface area (Å²) in [6.07, 6.45) is 1.85. The van der Waals surface area contributed by atoms with Gasteiger partial charge in [-0.2, -0.15) is 0 Å².